The van der Waals surface area contributed by atoms with E-state index >= 15 is 0 Å². The average molecular weight is 491 g/mol. The number of rotatable bonds is 9. The molecule has 0 atom stereocenters. The second kappa shape index (κ2) is 9.82. The minimum atomic E-state index is -4.40. The fourth-order valence-electron chi connectivity index (χ4n) is 3.69. The van der Waals surface area contributed by atoms with Crippen molar-refractivity contribution in [2.75, 3.05) is 27.4 Å². The summed E-state index contributed by atoms with van der Waals surface area (Å²) in [5.41, 5.74) is 2.71. The molecule has 0 fully saturated rings. The van der Waals surface area contributed by atoms with Gasteiger partial charge < -0.3 is 19.3 Å². The Hall–Kier alpha value is -3.80. The molecule has 0 aliphatic heterocycles. The van der Waals surface area contributed by atoms with Crippen LogP contribution in [0.25, 0.3) is 27.8 Å². The maximum Gasteiger partial charge on any atom is 0.408 e. The average Bonchev–Trinajstić information content (AvgIpc) is 3.39. The Bertz CT molecular complexity index is 1330. The lowest BCUT2D eigenvalue weighted by molar-refractivity contribution is -0.142. The number of halogens is 3. The first kappa shape index (κ1) is 24.3. The highest BCUT2D eigenvalue weighted by Crippen LogP contribution is 2.35. The van der Waals surface area contributed by atoms with E-state index in [9.17, 15) is 18.3 Å². The van der Waals surface area contributed by atoms with Crippen molar-refractivity contribution < 1.29 is 32.5 Å². The van der Waals surface area contributed by atoms with E-state index in [2.05, 4.69) is 15.1 Å². The molecule has 9 nitrogen and oxygen atoms in total. The number of ether oxygens (including phenoxy) is 3. The van der Waals surface area contributed by atoms with Gasteiger partial charge in [-0.1, -0.05) is 0 Å². The summed E-state index contributed by atoms with van der Waals surface area (Å²) >= 11 is 0. The zero-order valence-electron chi connectivity index (χ0n) is 19.3. The van der Waals surface area contributed by atoms with E-state index in [1.807, 2.05) is 6.92 Å². The van der Waals surface area contributed by atoms with Crippen molar-refractivity contribution in [3.63, 3.8) is 0 Å². The van der Waals surface area contributed by atoms with Crippen molar-refractivity contribution in [3.05, 3.63) is 42.5 Å². The molecule has 0 saturated heterocycles. The summed E-state index contributed by atoms with van der Waals surface area (Å²) < 4.78 is 56.3. The summed E-state index contributed by atoms with van der Waals surface area (Å²) in [5.74, 6) is 0.653. The van der Waals surface area contributed by atoms with Gasteiger partial charge in [0.15, 0.2) is 5.75 Å². The Morgan fingerprint density at radius 1 is 1.09 bits per heavy atom. The summed E-state index contributed by atoms with van der Waals surface area (Å²) in [7, 11) is 3.12. The van der Waals surface area contributed by atoms with Gasteiger partial charge in [0, 0.05) is 44.3 Å². The highest BCUT2D eigenvalue weighted by Gasteiger charge is 2.28. The van der Waals surface area contributed by atoms with E-state index in [0.29, 0.717) is 53.4 Å². The van der Waals surface area contributed by atoms with Crippen molar-refractivity contribution >= 4 is 10.9 Å². The summed E-state index contributed by atoms with van der Waals surface area (Å²) in [6, 6.07) is 3.56. The van der Waals surface area contributed by atoms with Gasteiger partial charge in [-0.2, -0.15) is 18.3 Å². The molecule has 0 aromatic carbocycles. The number of pyridine rings is 2. The number of aromatic nitrogens is 5. The predicted molar refractivity (Wildman–Crippen MR) is 121 cm³/mol. The standard InChI is InChI=1S/C23H24F3N5O4/c1-14-7-17(15-8-19(21(34-3)27-9-15)35-6-4-5-33-2)29-18-12-31(22(32)20(14)18)16-10-28-30(11-16)13-23(24,25)26/h7-12,32H,4-6,13H2,1-3H3. The van der Waals surface area contributed by atoms with Crippen LogP contribution in [0.1, 0.15) is 12.0 Å². The van der Waals surface area contributed by atoms with Crippen LogP contribution in [-0.2, 0) is 11.3 Å². The van der Waals surface area contributed by atoms with Crippen LogP contribution in [0.3, 0.4) is 0 Å². The molecule has 4 aromatic heterocycles. The van der Waals surface area contributed by atoms with E-state index in [-0.39, 0.29) is 11.6 Å². The number of alkyl halides is 3. The summed E-state index contributed by atoms with van der Waals surface area (Å²) in [6.45, 7) is 1.56. The van der Waals surface area contributed by atoms with E-state index < -0.39 is 12.7 Å². The Balaban J connectivity index is 1.68. The molecular formula is C23H24F3N5O4. The number of aryl methyl sites for hydroxylation is 1. The Morgan fingerprint density at radius 2 is 1.89 bits per heavy atom. The SMILES string of the molecule is COCCCOc1cc(-c2cc(C)c3c(O)n(-c4cnn(CC(F)(F)F)c4)cc3n2)cnc1OC. The molecule has 0 aliphatic carbocycles. The lowest BCUT2D eigenvalue weighted by Crippen LogP contribution is -2.17. The van der Waals surface area contributed by atoms with Crippen LogP contribution < -0.4 is 9.47 Å². The molecule has 0 spiro atoms. The normalized spacial score (nSPS) is 11.8. The smallest absolute Gasteiger partial charge is 0.408 e. The van der Waals surface area contributed by atoms with Crippen LogP contribution >= 0.6 is 0 Å². The van der Waals surface area contributed by atoms with Crippen molar-refractivity contribution in [3.8, 4) is 34.5 Å². The van der Waals surface area contributed by atoms with Gasteiger partial charge in [0.1, 0.15) is 6.54 Å². The van der Waals surface area contributed by atoms with Gasteiger partial charge in [-0.05, 0) is 24.6 Å². The van der Waals surface area contributed by atoms with Crippen molar-refractivity contribution in [1.82, 2.24) is 24.3 Å². The molecule has 0 unspecified atom stereocenters. The first-order chi connectivity index (χ1) is 16.7. The fraction of sp³-hybridized carbons (Fsp3) is 0.348. The molecule has 4 aromatic rings. The zero-order valence-corrected chi connectivity index (χ0v) is 19.3. The van der Waals surface area contributed by atoms with E-state index in [0.717, 1.165) is 10.2 Å². The summed E-state index contributed by atoms with van der Waals surface area (Å²) in [4.78, 5) is 8.95. The topological polar surface area (TPSA) is 96.5 Å². The van der Waals surface area contributed by atoms with Crippen LogP contribution in [0.2, 0.25) is 0 Å². The number of hydrogen-bond donors (Lipinski definition) is 1. The molecule has 1 N–H and O–H groups in total. The number of hydrogen-bond acceptors (Lipinski definition) is 7. The van der Waals surface area contributed by atoms with Crippen molar-refractivity contribution in [2.24, 2.45) is 0 Å². The van der Waals surface area contributed by atoms with Crippen LogP contribution in [0.15, 0.2) is 36.9 Å². The minimum Gasteiger partial charge on any atom is -0.494 e. The highest BCUT2D eigenvalue weighted by atomic mass is 19.4. The van der Waals surface area contributed by atoms with Crippen molar-refractivity contribution in [2.45, 2.75) is 26.1 Å². The van der Waals surface area contributed by atoms with Crippen LogP contribution in [0.4, 0.5) is 13.2 Å². The third-order valence-electron chi connectivity index (χ3n) is 5.24. The summed E-state index contributed by atoms with van der Waals surface area (Å²) in [6.07, 6.45) is 1.91. The van der Waals surface area contributed by atoms with Gasteiger partial charge >= 0.3 is 6.18 Å². The molecular weight excluding hydrogens is 467 g/mol. The maximum atomic E-state index is 12.7. The molecule has 35 heavy (non-hydrogen) atoms. The van der Waals surface area contributed by atoms with E-state index in [1.54, 1.807) is 31.6 Å². The first-order valence-electron chi connectivity index (χ1n) is 10.7. The zero-order chi connectivity index (χ0) is 25.2. The second-order valence-corrected chi connectivity index (χ2v) is 7.84. The number of nitrogens with zero attached hydrogens (tertiary/aromatic N) is 5. The lowest BCUT2D eigenvalue weighted by Gasteiger charge is -2.11. The number of methoxy groups -OCH3 is 2. The van der Waals surface area contributed by atoms with E-state index in [1.165, 1.54) is 24.1 Å². The van der Waals surface area contributed by atoms with E-state index in [4.69, 9.17) is 14.2 Å². The van der Waals surface area contributed by atoms with Gasteiger partial charge in [0.05, 0.1) is 42.2 Å². The third kappa shape index (κ3) is 5.32. The quantitative estimate of drug-likeness (QED) is 0.349. The lowest BCUT2D eigenvalue weighted by atomic mass is 10.1. The molecule has 4 rings (SSSR count). The van der Waals surface area contributed by atoms with Crippen LogP contribution in [-0.4, -0.2) is 63.0 Å². The third-order valence-corrected chi connectivity index (χ3v) is 5.24. The molecule has 0 amide bonds. The molecule has 4 heterocycles. The van der Waals surface area contributed by atoms with Gasteiger partial charge in [-0.25, -0.2) is 9.97 Å². The minimum absolute atomic E-state index is 0.141. The van der Waals surface area contributed by atoms with Crippen molar-refractivity contribution in [1.29, 1.82) is 0 Å². The van der Waals surface area contributed by atoms with Gasteiger partial charge in [0.25, 0.3) is 5.88 Å². The first-order valence-corrected chi connectivity index (χ1v) is 10.7. The molecule has 0 bridgehead atoms. The monoisotopic (exact) mass is 491 g/mol. The largest absolute Gasteiger partial charge is 0.494 e. The summed E-state index contributed by atoms with van der Waals surface area (Å²) in [5, 5.41) is 15.0. The molecule has 0 radical (unpaired) electrons. The number of aromatic hydroxyl groups is 1. The maximum absolute atomic E-state index is 12.7. The van der Waals surface area contributed by atoms with Gasteiger partial charge in [-0.3, -0.25) is 9.25 Å². The van der Waals surface area contributed by atoms with Gasteiger partial charge in [-0.15, -0.1) is 0 Å². The molecule has 186 valence electrons. The highest BCUT2D eigenvalue weighted by molar-refractivity contribution is 5.90. The predicted octanol–water partition coefficient (Wildman–Crippen LogP) is 4.28. The molecule has 0 aliphatic rings. The van der Waals surface area contributed by atoms with Crippen LogP contribution in [0.5, 0.6) is 17.5 Å². The Kier molecular flexibility index (Phi) is 6.83. The second-order valence-electron chi connectivity index (χ2n) is 7.84. The van der Waals surface area contributed by atoms with Crippen LogP contribution in [0, 0.1) is 6.92 Å². The molecule has 0 saturated carbocycles. The molecule has 12 heteroatoms. The van der Waals surface area contributed by atoms with Gasteiger partial charge in [0.2, 0.25) is 5.88 Å². The number of fused-ring (bicyclic) bond motifs is 1. The fourth-order valence-corrected chi connectivity index (χ4v) is 3.69. The Labute approximate surface area is 198 Å². The Morgan fingerprint density at radius 3 is 2.60 bits per heavy atom.